The van der Waals surface area contributed by atoms with Gasteiger partial charge in [0.1, 0.15) is 0 Å². The van der Waals surface area contributed by atoms with Gasteiger partial charge in [0.15, 0.2) is 5.78 Å². The van der Waals surface area contributed by atoms with E-state index >= 15 is 0 Å². The molecule has 1 aliphatic heterocycles. The maximum atomic E-state index is 12.1. The lowest BCUT2D eigenvalue weighted by atomic mass is 10.1. The molecule has 17 heavy (non-hydrogen) atoms. The summed E-state index contributed by atoms with van der Waals surface area (Å²) in [6, 6.07) is 7.38. The Hall–Kier alpha value is -0.900. The second-order valence-electron chi connectivity index (χ2n) is 4.54. The van der Waals surface area contributed by atoms with Gasteiger partial charge in [0, 0.05) is 18.2 Å². The number of benzene rings is 1. The number of halogens is 1. The quantitative estimate of drug-likeness (QED) is 0.837. The lowest BCUT2D eigenvalue weighted by Crippen LogP contribution is -2.44. The van der Waals surface area contributed by atoms with Gasteiger partial charge >= 0.3 is 0 Å². The third-order valence-electron chi connectivity index (χ3n) is 3.08. The monoisotopic (exact) mass is 252 g/mol. The van der Waals surface area contributed by atoms with E-state index in [4.69, 9.17) is 17.3 Å². The molecule has 0 aromatic heterocycles. The summed E-state index contributed by atoms with van der Waals surface area (Å²) in [7, 11) is 0. The highest BCUT2D eigenvalue weighted by atomic mass is 35.5. The number of hydrogen-bond donors (Lipinski definition) is 1. The number of hydrogen-bond acceptors (Lipinski definition) is 3. The molecule has 0 aliphatic carbocycles. The van der Waals surface area contributed by atoms with E-state index in [0.29, 0.717) is 17.1 Å². The average Bonchev–Trinajstić information content (AvgIpc) is 2.29. The molecule has 1 fully saturated rings. The van der Waals surface area contributed by atoms with Crippen LogP contribution in [-0.4, -0.2) is 36.4 Å². The van der Waals surface area contributed by atoms with Gasteiger partial charge in [0.05, 0.1) is 11.6 Å². The average molecular weight is 253 g/mol. The molecule has 2 N–H and O–H groups in total. The van der Waals surface area contributed by atoms with Crippen LogP contribution >= 0.6 is 11.6 Å². The number of nitrogens with two attached hydrogens (primary N) is 1. The minimum absolute atomic E-state index is 0.0738. The van der Waals surface area contributed by atoms with Crippen molar-refractivity contribution in [1.82, 2.24) is 4.90 Å². The smallest absolute Gasteiger partial charge is 0.178 e. The molecule has 1 aliphatic rings. The molecule has 4 heteroatoms. The van der Waals surface area contributed by atoms with E-state index in [2.05, 4.69) is 4.90 Å². The second-order valence-corrected chi connectivity index (χ2v) is 4.95. The molecule has 1 aromatic carbocycles. The van der Waals surface area contributed by atoms with E-state index in [9.17, 15) is 4.79 Å². The fourth-order valence-electron chi connectivity index (χ4n) is 2.21. The molecule has 0 spiro atoms. The second kappa shape index (κ2) is 5.63. The molecule has 2 rings (SSSR count). The highest BCUT2D eigenvalue weighted by Crippen LogP contribution is 2.17. The number of likely N-dealkylation sites (tertiary alicyclic amines) is 1. The van der Waals surface area contributed by atoms with Crippen LogP contribution in [0.3, 0.4) is 0 Å². The van der Waals surface area contributed by atoms with E-state index < -0.39 is 0 Å². The van der Waals surface area contributed by atoms with Crippen LogP contribution in [0.4, 0.5) is 0 Å². The molecule has 1 saturated heterocycles. The summed E-state index contributed by atoms with van der Waals surface area (Å²) in [5, 5.41) is 0.527. The fourth-order valence-corrected chi connectivity index (χ4v) is 2.45. The van der Waals surface area contributed by atoms with Crippen LogP contribution in [0.5, 0.6) is 0 Å². The Kier molecular flexibility index (Phi) is 4.15. The highest BCUT2D eigenvalue weighted by Gasteiger charge is 2.20. The van der Waals surface area contributed by atoms with Crippen LogP contribution < -0.4 is 5.73 Å². The zero-order valence-electron chi connectivity index (χ0n) is 9.73. The van der Waals surface area contributed by atoms with Crippen molar-refractivity contribution < 1.29 is 4.79 Å². The summed E-state index contributed by atoms with van der Waals surface area (Å²) in [5.41, 5.74) is 6.50. The maximum Gasteiger partial charge on any atom is 0.178 e. The molecule has 0 amide bonds. The maximum absolute atomic E-state index is 12.1. The number of carbonyl (C=O) groups is 1. The van der Waals surface area contributed by atoms with E-state index in [1.165, 1.54) is 0 Å². The van der Waals surface area contributed by atoms with E-state index in [-0.39, 0.29) is 11.8 Å². The predicted octanol–water partition coefficient (Wildman–Crippen LogP) is 1.95. The van der Waals surface area contributed by atoms with Crippen molar-refractivity contribution >= 4 is 17.4 Å². The SMILES string of the molecule is N[C@@H]1CCCN(CC(=O)c2ccccc2Cl)C1. The fraction of sp³-hybridized carbons (Fsp3) is 0.462. The first-order chi connectivity index (χ1) is 8.16. The predicted molar refractivity (Wildman–Crippen MR) is 69.4 cm³/mol. The van der Waals surface area contributed by atoms with Crippen LogP contribution in [0, 0.1) is 0 Å². The van der Waals surface area contributed by atoms with Crippen molar-refractivity contribution in [3.63, 3.8) is 0 Å². The van der Waals surface area contributed by atoms with Gasteiger partial charge in [-0.3, -0.25) is 9.69 Å². The van der Waals surface area contributed by atoms with E-state index in [1.807, 2.05) is 12.1 Å². The first-order valence-corrected chi connectivity index (χ1v) is 6.30. The summed E-state index contributed by atoms with van der Waals surface area (Å²) in [4.78, 5) is 14.2. The number of Topliss-reactive ketones (excluding diaryl/α,β-unsaturated/α-hetero) is 1. The number of piperidine rings is 1. The largest absolute Gasteiger partial charge is 0.327 e. The Morgan fingerprint density at radius 1 is 1.47 bits per heavy atom. The van der Waals surface area contributed by atoms with Gasteiger partial charge in [-0.2, -0.15) is 0 Å². The molecular formula is C13H17ClN2O. The molecule has 0 radical (unpaired) electrons. The normalized spacial score (nSPS) is 21.4. The molecule has 1 atom stereocenters. The summed E-state index contributed by atoms with van der Waals surface area (Å²) in [6.45, 7) is 2.16. The van der Waals surface area contributed by atoms with Gasteiger partial charge in [0.25, 0.3) is 0 Å². The standard InChI is InChI=1S/C13H17ClN2O/c14-12-6-2-1-5-11(12)13(17)9-16-7-3-4-10(15)8-16/h1-2,5-6,10H,3-4,7-9,15H2/t10-/m1/s1. The van der Waals surface area contributed by atoms with Crippen LogP contribution in [0.2, 0.25) is 5.02 Å². The van der Waals surface area contributed by atoms with E-state index in [0.717, 1.165) is 25.9 Å². The summed E-state index contributed by atoms with van der Waals surface area (Å²) in [6.07, 6.45) is 2.12. The van der Waals surface area contributed by atoms with Crippen LogP contribution in [0.25, 0.3) is 0 Å². The van der Waals surface area contributed by atoms with Gasteiger partial charge < -0.3 is 5.73 Å². The lowest BCUT2D eigenvalue weighted by molar-refractivity contribution is 0.0908. The van der Waals surface area contributed by atoms with Crippen molar-refractivity contribution in [3.05, 3.63) is 34.9 Å². The van der Waals surface area contributed by atoms with Crippen molar-refractivity contribution in [2.45, 2.75) is 18.9 Å². The summed E-state index contributed by atoms with van der Waals surface area (Å²) < 4.78 is 0. The molecule has 0 saturated carbocycles. The molecule has 3 nitrogen and oxygen atoms in total. The topological polar surface area (TPSA) is 46.3 Å². The van der Waals surface area contributed by atoms with Crippen LogP contribution in [0.15, 0.2) is 24.3 Å². The third-order valence-corrected chi connectivity index (χ3v) is 3.41. The van der Waals surface area contributed by atoms with Gasteiger partial charge in [-0.15, -0.1) is 0 Å². The summed E-state index contributed by atoms with van der Waals surface area (Å²) >= 11 is 6.00. The van der Waals surface area contributed by atoms with Gasteiger partial charge in [-0.1, -0.05) is 23.7 Å². The third kappa shape index (κ3) is 3.28. The molecule has 1 aromatic rings. The van der Waals surface area contributed by atoms with E-state index in [1.54, 1.807) is 12.1 Å². The molecular weight excluding hydrogens is 236 g/mol. The molecule has 1 heterocycles. The minimum atomic E-state index is 0.0738. The number of ketones is 1. The van der Waals surface area contributed by atoms with Crippen molar-refractivity contribution in [2.24, 2.45) is 5.73 Å². The van der Waals surface area contributed by atoms with Gasteiger partial charge in [0.2, 0.25) is 0 Å². The van der Waals surface area contributed by atoms with Crippen molar-refractivity contribution in [1.29, 1.82) is 0 Å². The number of carbonyl (C=O) groups excluding carboxylic acids is 1. The van der Waals surface area contributed by atoms with Crippen molar-refractivity contribution in [3.8, 4) is 0 Å². The Morgan fingerprint density at radius 3 is 2.94 bits per heavy atom. The minimum Gasteiger partial charge on any atom is -0.327 e. The summed E-state index contributed by atoms with van der Waals surface area (Å²) in [5.74, 6) is 0.0738. The zero-order chi connectivity index (χ0) is 12.3. The Bertz CT molecular complexity index is 408. The molecule has 0 unspecified atom stereocenters. The Balaban J connectivity index is 1.99. The van der Waals surface area contributed by atoms with Crippen molar-refractivity contribution in [2.75, 3.05) is 19.6 Å². The number of nitrogens with zero attached hydrogens (tertiary/aromatic N) is 1. The first-order valence-electron chi connectivity index (χ1n) is 5.92. The Morgan fingerprint density at radius 2 is 2.24 bits per heavy atom. The molecule has 0 bridgehead atoms. The highest BCUT2D eigenvalue weighted by molar-refractivity contribution is 6.34. The zero-order valence-corrected chi connectivity index (χ0v) is 10.5. The van der Waals surface area contributed by atoms with Gasteiger partial charge in [-0.25, -0.2) is 0 Å². The lowest BCUT2D eigenvalue weighted by Gasteiger charge is -2.30. The van der Waals surface area contributed by atoms with Gasteiger partial charge in [-0.05, 0) is 31.5 Å². The Labute approximate surface area is 107 Å². The number of rotatable bonds is 3. The van der Waals surface area contributed by atoms with Crippen LogP contribution in [0.1, 0.15) is 23.2 Å². The molecule has 92 valence electrons. The van der Waals surface area contributed by atoms with Crippen LogP contribution in [-0.2, 0) is 0 Å². The first kappa shape index (κ1) is 12.6.